The quantitative estimate of drug-likeness (QED) is 0.555. The fraction of sp³-hybridized carbons (Fsp3) is 0.458. The first-order chi connectivity index (χ1) is 14.2. The lowest BCUT2D eigenvalue weighted by Gasteiger charge is -2.23. The van der Waals surface area contributed by atoms with Crippen molar-refractivity contribution >= 4 is 5.91 Å². The molecule has 0 saturated heterocycles. The first-order valence-electron chi connectivity index (χ1n) is 10.2. The Morgan fingerprint density at radius 1 is 1.07 bits per heavy atom. The van der Waals surface area contributed by atoms with Crippen LogP contribution < -0.4 is 10.1 Å². The minimum absolute atomic E-state index is 0.00183. The second-order valence-electron chi connectivity index (χ2n) is 8.35. The summed E-state index contributed by atoms with van der Waals surface area (Å²) in [6, 6.07) is 14.0. The standard InChI is InChI=1S/C24H33NO5/c1-24(2,3)19-9-7-18(8-10-19)23(28)25-21(15-26)22(27)16-30-20-11-5-17(6-12-20)13-14-29-4/h5-12,21-22,26-27H,13-16H2,1-4H3,(H,25,28)/t21-,22+/m0/s1. The van der Waals surface area contributed by atoms with Crippen molar-refractivity contribution in [2.45, 2.75) is 44.8 Å². The molecule has 0 heterocycles. The molecule has 0 bridgehead atoms. The molecule has 164 valence electrons. The van der Waals surface area contributed by atoms with Gasteiger partial charge in [-0.15, -0.1) is 0 Å². The number of aliphatic hydroxyl groups excluding tert-OH is 2. The maximum atomic E-state index is 12.5. The van der Waals surface area contributed by atoms with Gasteiger partial charge in [-0.2, -0.15) is 0 Å². The third-order valence-corrected chi connectivity index (χ3v) is 4.93. The normalized spacial score (nSPS) is 13.5. The molecule has 2 aromatic carbocycles. The first-order valence-corrected chi connectivity index (χ1v) is 10.2. The summed E-state index contributed by atoms with van der Waals surface area (Å²) in [4.78, 5) is 12.5. The van der Waals surface area contributed by atoms with Crippen LogP contribution in [-0.2, 0) is 16.6 Å². The lowest BCUT2D eigenvalue weighted by molar-refractivity contribution is 0.0457. The van der Waals surface area contributed by atoms with Crippen LogP contribution in [0.4, 0.5) is 0 Å². The Labute approximate surface area is 178 Å². The Kier molecular flexibility index (Phi) is 8.84. The molecule has 0 spiro atoms. The fourth-order valence-corrected chi connectivity index (χ4v) is 2.91. The third kappa shape index (κ3) is 7.13. The number of carbonyl (C=O) groups is 1. The lowest BCUT2D eigenvalue weighted by Crippen LogP contribution is -2.48. The Morgan fingerprint density at radius 2 is 1.70 bits per heavy atom. The van der Waals surface area contributed by atoms with Crippen molar-refractivity contribution in [2.75, 3.05) is 26.9 Å². The van der Waals surface area contributed by atoms with Gasteiger partial charge in [-0.3, -0.25) is 4.79 Å². The van der Waals surface area contributed by atoms with Gasteiger partial charge in [0.1, 0.15) is 18.5 Å². The van der Waals surface area contributed by atoms with Gasteiger partial charge in [-0.05, 0) is 47.2 Å². The zero-order chi connectivity index (χ0) is 22.1. The van der Waals surface area contributed by atoms with E-state index in [0.29, 0.717) is 17.9 Å². The number of rotatable bonds is 10. The highest BCUT2D eigenvalue weighted by Gasteiger charge is 2.22. The van der Waals surface area contributed by atoms with Gasteiger partial charge >= 0.3 is 0 Å². The van der Waals surface area contributed by atoms with E-state index in [-0.39, 0.29) is 17.9 Å². The molecule has 0 aromatic heterocycles. The lowest BCUT2D eigenvalue weighted by atomic mass is 9.86. The highest BCUT2D eigenvalue weighted by atomic mass is 16.5. The predicted molar refractivity (Wildman–Crippen MR) is 117 cm³/mol. The number of hydrogen-bond acceptors (Lipinski definition) is 5. The van der Waals surface area contributed by atoms with Crippen LogP contribution >= 0.6 is 0 Å². The highest BCUT2D eigenvalue weighted by molar-refractivity contribution is 5.94. The molecule has 30 heavy (non-hydrogen) atoms. The zero-order valence-corrected chi connectivity index (χ0v) is 18.2. The molecule has 0 aliphatic carbocycles. The summed E-state index contributed by atoms with van der Waals surface area (Å²) >= 11 is 0. The molecule has 0 unspecified atom stereocenters. The van der Waals surface area contributed by atoms with E-state index in [4.69, 9.17) is 9.47 Å². The van der Waals surface area contributed by atoms with Crippen LogP contribution in [0.1, 0.15) is 42.3 Å². The number of methoxy groups -OCH3 is 1. The van der Waals surface area contributed by atoms with Crippen molar-refractivity contribution in [3.8, 4) is 5.75 Å². The van der Waals surface area contributed by atoms with Crippen molar-refractivity contribution in [1.82, 2.24) is 5.32 Å². The van der Waals surface area contributed by atoms with Crippen LogP contribution in [-0.4, -0.2) is 55.2 Å². The molecule has 1 amide bonds. The van der Waals surface area contributed by atoms with Gasteiger partial charge in [0.2, 0.25) is 0 Å². The van der Waals surface area contributed by atoms with Gasteiger partial charge in [-0.1, -0.05) is 45.0 Å². The minimum Gasteiger partial charge on any atom is -0.491 e. The summed E-state index contributed by atoms with van der Waals surface area (Å²) in [5.74, 6) is 0.257. The van der Waals surface area contributed by atoms with Crippen LogP contribution in [0.15, 0.2) is 48.5 Å². The number of ether oxygens (including phenoxy) is 2. The molecule has 6 nitrogen and oxygen atoms in total. The molecule has 6 heteroatoms. The molecular formula is C24H33NO5. The summed E-state index contributed by atoms with van der Waals surface area (Å²) in [6.07, 6.45) is -0.240. The number of carbonyl (C=O) groups excluding carboxylic acids is 1. The highest BCUT2D eigenvalue weighted by Crippen LogP contribution is 2.22. The molecule has 3 N–H and O–H groups in total. The van der Waals surface area contributed by atoms with Crippen LogP contribution in [0.5, 0.6) is 5.75 Å². The molecule has 0 saturated carbocycles. The maximum Gasteiger partial charge on any atom is 0.251 e. The number of nitrogens with one attached hydrogen (secondary N) is 1. The monoisotopic (exact) mass is 415 g/mol. The zero-order valence-electron chi connectivity index (χ0n) is 18.2. The van der Waals surface area contributed by atoms with Crippen LogP contribution in [0.3, 0.4) is 0 Å². The molecule has 2 atom stereocenters. The van der Waals surface area contributed by atoms with Gasteiger partial charge in [-0.25, -0.2) is 0 Å². The summed E-state index contributed by atoms with van der Waals surface area (Å²) in [5.41, 5.74) is 2.72. The summed E-state index contributed by atoms with van der Waals surface area (Å²) in [6.45, 7) is 6.52. The molecule has 0 aliphatic rings. The first kappa shape index (κ1) is 23.9. The van der Waals surface area contributed by atoms with Gasteiger partial charge in [0.05, 0.1) is 19.3 Å². The predicted octanol–water partition coefficient (Wildman–Crippen LogP) is 2.70. The fourth-order valence-electron chi connectivity index (χ4n) is 2.91. The van der Waals surface area contributed by atoms with Gasteiger partial charge in [0.15, 0.2) is 0 Å². The maximum absolute atomic E-state index is 12.5. The number of benzene rings is 2. The number of hydrogen-bond donors (Lipinski definition) is 3. The van der Waals surface area contributed by atoms with E-state index < -0.39 is 18.8 Å². The largest absolute Gasteiger partial charge is 0.491 e. The van der Waals surface area contributed by atoms with Crippen molar-refractivity contribution < 1.29 is 24.5 Å². The molecular weight excluding hydrogens is 382 g/mol. The summed E-state index contributed by atoms with van der Waals surface area (Å²) < 4.78 is 10.7. The van der Waals surface area contributed by atoms with Gasteiger partial charge in [0.25, 0.3) is 5.91 Å². The Balaban J connectivity index is 1.89. The third-order valence-electron chi connectivity index (χ3n) is 4.93. The second kappa shape index (κ2) is 11.1. The molecule has 2 rings (SSSR count). The van der Waals surface area contributed by atoms with E-state index in [9.17, 15) is 15.0 Å². The topological polar surface area (TPSA) is 88.0 Å². The van der Waals surface area contributed by atoms with Gasteiger partial charge < -0.3 is 25.0 Å². The van der Waals surface area contributed by atoms with Crippen LogP contribution in [0.25, 0.3) is 0 Å². The Morgan fingerprint density at radius 3 is 2.23 bits per heavy atom. The van der Waals surface area contributed by atoms with E-state index in [0.717, 1.165) is 17.5 Å². The Hall–Kier alpha value is -2.41. The smallest absolute Gasteiger partial charge is 0.251 e. The van der Waals surface area contributed by atoms with E-state index in [1.54, 1.807) is 19.2 Å². The van der Waals surface area contributed by atoms with E-state index in [2.05, 4.69) is 26.1 Å². The average Bonchev–Trinajstić information content (AvgIpc) is 2.74. The van der Waals surface area contributed by atoms with Crippen molar-refractivity contribution in [1.29, 1.82) is 0 Å². The number of aliphatic hydroxyl groups is 2. The summed E-state index contributed by atoms with van der Waals surface area (Å²) in [7, 11) is 1.66. The molecule has 2 aromatic rings. The van der Waals surface area contributed by atoms with Crippen LogP contribution in [0, 0.1) is 0 Å². The SMILES string of the molecule is COCCc1ccc(OC[C@@H](O)[C@H](CO)NC(=O)c2ccc(C(C)(C)C)cc2)cc1. The van der Waals surface area contributed by atoms with Crippen LogP contribution in [0.2, 0.25) is 0 Å². The van der Waals surface area contributed by atoms with Crippen molar-refractivity contribution in [2.24, 2.45) is 0 Å². The van der Waals surface area contributed by atoms with Crippen molar-refractivity contribution in [3.05, 3.63) is 65.2 Å². The number of amides is 1. The minimum atomic E-state index is -1.05. The van der Waals surface area contributed by atoms with Gasteiger partial charge in [0, 0.05) is 12.7 Å². The second-order valence-corrected chi connectivity index (χ2v) is 8.35. The van der Waals surface area contributed by atoms with E-state index in [1.165, 1.54) is 0 Å². The van der Waals surface area contributed by atoms with E-state index in [1.807, 2.05) is 36.4 Å². The molecule has 0 aliphatic heterocycles. The average molecular weight is 416 g/mol. The summed E-state index contributed by atoms with van der Waals surface area (Å²) in [5, 5.41) is 22.7. The molecule has 0 fully saturated rings. The van der Waals surface area contributed by atoms with Crippen molar-refractivity contribution in [3.63, 3.8) is 0 Å². The molecule has 0 radical (unpaired) electrons. The Bertz CT molecular complexity index is 781. The van der Waals surface area contributed by atoms with E-state index >= 15 is 0 Å².